The summed E-state index contributed by atoms with van der Waals surface area (Å²) in [4.78, 5) is 32.8. The van der Waals surface area contributed by atoms with E-state index >= 15 is 0 Å². The number of carbonyl (C=O) groups excluding carboxylic acids is 2. The van der Waals surface area contributed by atoms with Crippen LogP contribution in [0.4, 0.5) is 0 Å². The van der Waals surface area contributed by atoms with Crippen LogP contribution < -0.4 is 0 Å². The van der Waals surface area contributed by atoms with Crippen LogP contribution in [-0.2, 0) is 4.79 Å². The molecule has 2 amide bonds. The molecular weight excluding hydrogens is 433 g/mol. The average Bonchev–Trinajstić information content (AvgIpc) is 3.30. The van der Waals surface area contributed by atoms with E-state index in [1.807, 2.05) is 4.90 Å². The van der Waals surface area contributed by atoms with E-state index in [9.17, 15) is 9.59 Å². The van der Waals surface area contributed by atoms with Crippen molar-refractivity contribution in [1.29, 1.82) is 0 Å². The van der Waals surface area contributed by atoms with Gasteiger partial charge in [-0.25, -0.2) is 0 Å². The zero-order valence-corrected chi connectivity index (χ0v) is 19.9. The van der Waals surface area contributed by atoms with Crippen molar-refractivity contribution in [2.45, 2.75) is 51.5 Å². The zero-order valence-electron chi connectivity index (χ0n) is 18.4. The van der Waals surface area contributed by atoms with Crippen LogP contribution in [0.25, 0.3) is 0 Å². The third-order valence-electron chi connectivity index (χ3n) is 7.36. The van der Waals surface area contributed by atoms with Crippen LogP contribution >= 0.6 is 23.2 Å². The largest absolute Gasteiger partial charge is 0.341 e. The van der Waals surface area contributed by atoms with Crippen LogP contribution in [0.15, 0.2) is 18.2 Å². The number of carbonyl (C=O) groups is 2. The van der Waals surface area contributed by atoms with Crippen LogP contribution in [-0.4, -0.2) is 71.8 Å². The van der Waals surface area contributed by atoms with Crippen LogP contribution in [0, 0.1) is 11.8 Å². The van der Waals surface area contributed by atoms with Gasteiger partial charge in [0.15, 0.2) is 0 Å². The topological polar surface area (TPSA) is 43.9 Å². The number of hydrogen-bond donors (Lipinski definition) is 0. The second-order valence-corrected chi connectivity index (χ2v) is 10.3. The molecule has 1 aliphatic carbocycles. The summed E-state index contributed by atoms with van der Waals surface area (Å²) in [5.74, 6) is 1.46. The van der Waals surface area contributed by atoms with Crippen molar-refractivity contribution in [3.05, 3.63) is 33.8 Å². The second kappa shape index (κ2) is 10.1. The highest BCUT2D eigenvalue weighted by Crippen LogP contribution is 2.33. The van der Waals surface area contributed by atoms with E-state index in [4.69, 9.17) is 23.2 Å². The van der Waals surface area contributed by atoms with Crippen LogP contribution in [0.5, 0.6) is 0 Å². The van der Waals surface area contributed by atoms with Gasteiger partial charge in [0, 0.05) is 44.8 Å². The minimum Gasteiger partial charge on any atom is -0.341 e. The summed E-state index contributed by atoms with van der Waals surface area (Å²) in [7, 11) is 0. The van der Waals surface area contributed by atoms with Gasteiger partial charge < -0.3 is 9.80 Å². The molecule has 5 nitrogen and oxygen atoms in total. The molecule has 1 aromatic carbocycles. The molecule has 3 fully saturated rings. The van der Waals surface area contributed by atoms with Crippen LogP contribution in [0.1, 0.15) is 55.8 Å². The molecule has 3 aliphatic rings. The standard InChI is InChI=1S/C24H33Cl2N3O2/c1-17-8-10-28(11-9-17)24(31)22(18-4-2-3-5-18)27-12-14-29(15-13-27)23(30)19-6-7-20(25)21(26)16-19/h6-7,16-18,22H,2-5,8-15H2,1H3/t22-/m1/s1. The Morgan fingerprint density at radius 2 is 1.52 bits per heavy atom. The molecule has 0 N–H and O–H groups in total. The van der Waals surface area contributed by atoms with E-state index in [0.29, 0.717) is 46.4 Å². The molecule has 0 spiro atoms. The van der Waals surface area contributed by atoms with Gasteiger partial charge in [-0.05, 0) is 55.7 Å². The maximum Gasteiger partial charge on any atom is 0.253 e. The number of amides is 2. The zero-order chi connectivity index (χ0) is 22.0. The summed E-state index contributed by atoms with van der Waals surface area (Å²) in [6, 6.07) is 5.01. The van der Waals surface area contributed by atoms with E-state index in [2.05, 4.69) is 16.7 Å². The van der Waals surface area contributed by atoms with Gasteiger partial charge in [0.1, 0.15) is 0 Å². The van der Waals surface area contributed by atoms with E-state index in [1.165, 1.54) is 12.8 Å². The molecule has 2 saturated heterocycles. The molecule has 0 aromatic heterocycles. The number of piperidine rings is 1. The summed E-state index contributed by atoms with van der Waals surface area (Å²) >= 11 is 12.1. The summed E-state index contributed by atoms with van der Waals surface area (Å²) in [5, 5.41) is 0.849. The van der Waals surface area contributed by atoms with E-state index in [-0.39, 0.29) is 11.9 Å². The Morgan fingerprint density at radius 1 is 0.871 bits per heavy atom. The minimum atomic E-state index is -0.0295. The molecule has 4 rings (SSSR count). The normalized spacial score (nSPS) is 22.7. The number of benzene rings is 1. The Balaban J connectivity index is 1.41. The number of hydrogen-bond acceptors (Lipinski definition) is 3. The van der Waals surface area contributed by atoms with E-state index < -0.39 is 0 Å². The highest BCUT2D eigenvalue weighted by atomic mass is 35.5. The molecule has 0 unspecified atom stereocenters. The summed E-state index contributed by atoms with van der Waals surface area (Å²) in [6.45, 7) is 6.80. The third-order valence-corrected chi connectivity index (χ3v) is 8.10. The lowest BCUT2D eigenvalue weighted by Gasteiger charge is -2.43. The van der Waals surface area contributed by atoms with Crippen molar-refractivity contribution in [3.8, 4) is 0 Å². The van der Waals surface area contributed by atoms with Crippen LogP contribution in [0.2, 0.25) is 10.0 Å². The molecule has 2 aliphatic heterocycles. The minimum absolute atomic E-state index is 0.0213. The van der Waals surface area contributed by atoms with Gasteiger partial charge in [0.05, 0.1) is 16.1 Å². The number of likely N-dealkylation sites (tertiary alicyclic amines) is 1. The average molecular weight is 466 g/mol. The van der Waals surface area contributed by atoms with Gasteiger partial charge in [0.2, 0.25) is 5.91 Å². The first-order chi connectivity index (χ1) is 14.9. The second-order valence-electron chi connectivity index (χ2n) is 9.45. The summed E-state index contributed by atoms with van der Waals surface area (Å²) in [5.41, 5.74) is 0.564. The molecule has 31 heavy (non-hydrogen) atoms. The van der Waals surface area contributed by atoms with Crippen molar-refractivity contribution < 1.29 is 9.59 Å². The van der Waals surface area contributed by atoms with Crippen molar-refractivity contribution in [2.75, 3.05) is 39.3 Å². The van der Waals surface area contributed by atoms with Crippen molar-refractivity contribution in [1.82, 2.24) is 14.7 Å². The molecule has 1 atom stereocenters. The van der Waals surface area contributed by atoms with Gasteiger partial charge >= 0.3 is 0 Å². The lowest BCUT2D eigenvalue weighted by atomic mass is 9.92. The highest BCUT2D eigenvalue weighted by Gasteiger charge is 2.39. The summed E-state index contributed by atoms with van der Waals surface area (Å²) in [6.07, 6.45) is 6.94. The van der Waals surface area contributed by atoms with Gasteiger partial charge in [0.25, 0.3) is 5.91 Å². The first-order valence-electron chi connectivity index (χ1n) is 11.7. The number of piperazine rings is 1. The molecule has 0 radical (unpaired) electrons. The fourth-order valence-corrected chi connectivity index (χ4v) is 5.66. The molecule has 1 saturated carbocycles. The van der Waals surface area contributed by atoms with Gasteiger partial charge in [-0.15, -0.1) is 0 Å². The molecule has 0 bridgehead atoms. The molecule has 170 valence electrons. The smallest absolute Gasteiger partial charge is 0.253 e. The van der Waals surface area contributed by atoms with E-state index in [0.717, 1.165) is 51.9 Å². The Kier molecular flexibility index (Phi) is 7.45. The maximum atomic E-state index is 13.6. The quantitative estimate of drug-likeness (QED) is 0.653. The third kappa shape index (κ3) is 5.20. The van der Waals surface area contributed by atoms with Gasteiger partial charge in [-0.1, -0.05) is 43.0 Å². The Labute approximate surface area is 195 Å². The van der Waals surface area contributed by atoms with Crippen molar-refractivity contribution in [3.63, 3.8) is 0 Å². The van der Waals surface area contributed by atoms with Gasteiger partial charge in [-0.2, -0.15) is 0 Å². The predicted octanol–water partition coefficient (Wildman–Crippen LogP) is 4.57. The van der Waals surface area contributed by atoms with Crippen LogP contribution in [0.3, 0.4) is 0 Å². The fourth-order valence-electron chi connectivity index (χ4n) is 5.36. The molecular formula is C24H33Cl2N3O2. The number of halogens is 2. The highest BCUT2D eigenvalue weighted by molar-refractivity contribution is 6.42. The van der Waals surface area contributed by atoms with Crippen molar-refractivity contribution in [2.24, 2.45) is 11.8 Å². The first-order valence-corrected chi connectivity index (χ1v) is 12.5. The monoisotopic (exact) mass is 465 g/mol. The van der Waals surface area contributed by atoms with Crippen molar-refractivity contribution >= 4 is 35.0 Å². The molecule has 2 heterocycles. The Hall–Kier alpha value is -1.30. The number of nitrogens with zero attached hydrogens (tertiary/aromatic N) is 3. The Morgan fingerprint density at radius 3 is 2.13 bits per heavy atom. The summed E-state index contributed by atoms with van der Waals surface area (Å²) < 4.78 is 0. The number of rotatable bonds is 4. The molecule has 1 aromatic rings. The SMILES string of the molecule is CC1CCN(C(=O)[C@@H](C2CCCC2)N2CCN(C(=O)c3ccc(Cl)c(Cl)c3)CC2)CC1. The lowest BCUT2D eigenvalue weighted by Crippen LogP contribution is -2.59. The lowest BCUT2D eigenvalue weighted by molar-refractivity contribution is -0.141. The molecule has 7 heteroatoms. The van der Waals surface area contributed by atoms with E-state index in [1.54, 1.807) is 18.2 Å². The fraction of sp³-hybridized carbons (Fsp3) is 0.667. The maximum absolute atomic E-state index is 13.6. The predicted molar refractivity (Wildman–Crippen MR) is 125 cm³/mol. The van der Waals surface area contributed by atoms with Gasteiger partial charge in [-0.3, -0.25) is 14.5 Å². The Bertz CT molecular complexity index is 796. The first kappa shape index (κ1) is 22.9.